The topological polar surface area (TPSA) is 40.6 Å². The highest BCUT2D eigenvalue weighted by molar-refractivity contribution is 6.24. The maximum atomic E-state index is 5.46. The zero-order chi connectivity index (χ0) is 43.9. The van der Waals surface area contributed by atoms with Gasteiger partial charge in [0.1, 0.15) is 0 Å². The summed E-state index contributed by atoms with van der Waals surface area (Å²) >= 11 is 0. The number of allylic oxidation sites excluding steroid dienone is 1. The molecular weight excluding hydrogens is 803 g/mol. The SMILES string of the molecule is C=Cc1c(/C=C\C)n(-c2ccc3c(c2)c2ccccc2n3-c2nc(-c3cccc4ccccc34)c3ccccc3n2)c2ccc3c(c4ccccc4n3-c3cccc(-c4ccccc4)c3)c12. The van der Waals surface area contributed by atoms with Crippen LogP contribution in [-0.2, 0) is 0 Å². The minimum Gasteiger partial charge on any atom is -0.309 e. The van der Waals surface area contributed by atoms with E-state index in [4.69, 9.17) is 9.97 Å². The molecule has 9 aromatic carbocycles. The normalized spacial score (nSPS) is 12.0. The van der Waals surface area contributed by atoms with Crippen molar-refractivity contribution in [3.05, 3.63) is 224 Å². The third-order valence-corrected chi connectivity index (χ3v) is 13.3. The first-order chi connectivity index (χ1) is 32.7. The molecule has 310 valence electrons. The first kappa shape index (κ1) is 37.7. The van der Waals surface area contributed by atoms with Crippen molar-refractivity contribution < 1.29 is 0 Å². The molecule has 0 bridgehead atoms. The molecule has 4 heterocycles. The van der Waals surface area contributed by atoms with E-state index in [2.05, 4.69) is 240 Å². The van der Waals surface area contributed by atoms with Gasteiger partial charge >= 0.3 is 0 Å². The van der Waals surface area contributed by atoms with E-state index in [1.54, 1.807) is 0 Å². The quantitative estimate of drug-likeness (QED) is 0.160. The van der Waals surface area contributed by atoms with Crippen LogP contribution in [0.3, 0.4) is 0 Å². The second-order valence-corrected chi connectivity index (χ2v) is 16.9. The number of hydrogen-bond donors (Lipinski definition) is 0. The van der Waals surface area contributed by atoms with Crippen molar-refractivity contribution in [2.24, 2.45) is 0 Å². The van der Waals surface area contributed by atoms with E-state index < -0.39 is 0 Å². The van der Waals surface area contributed by atoms with Crippen LogP contribution in [0.2, 0.25) is 0 Å². The van der Waals surface area contributed by atoms with Crippen molar-refractivity contribution in [3.8, 4) is 39.7 Å². The van der Waals surface area contributed by atoms with Crippen LogP contribution >= 0.6 is 0 Å². The Balaban J connectivity index is 1.05. The van der Waals surface area contributed by atoms with Gasteiger partial charge in [-0.3, -0.25) is 4.57 Å². The minimum absolute atomic E-state index is 0.638. The van der Waals surface area contributed by atoms with Crippen LogP contribution in [0.15, 0.2) is 213 Å². The average Bonchev–Trinajstić information content (AvgIpc) is 4.01. The summed E-state index contributed by atoms with van der Waals surface area (Å²) in [4.78, 5) is 10.7. The number of hydrogen-bond acceptors (Lipinski definition) is 2. The van der Waals surface area contributed by atoms with Gasteiger partial charge in [0.25, 0.3) is 0 Å². The Morgan fingerprint density at radius 2 is 1.06 bits per heavy atom. The minimum atomic E-state index is 0.638. The first-order valence-corrected chi connectivity index (χ1v) is 22.5. The van der Waals surface area contributed by atoms with Gasteiger partial charge in [-0.15, -0.1) is 0 Å². The Bertz CT molecular complexity index is 4140. The van der Waals surface area contributed by atoms with Gasteiger partial charge in [-0.1, -0.05) is 158 Å². The van der Waals surface area contributed by atoms with Crippen LogP contribution in [0.4, 0.5) is 0 Å². The molecule has 13 aromatic rings. The fourth-order valence-corrected chi connectivity index (χ4v) is 10.5. The molecule has 0 saturated heterocycles. The molecule has 5 heteroatoms. The molecule has 0 fully saturated rings. The summed E-state index contributed by atoms with van der Waals surface area (Å²) in [6.45, 7) is 6.54. The Kier molecular flexibility index (Phi) is 8.52. The molecule has 0 atom stereocenters. The molecule has 66 heavy (non-hydrogen) atoms. The van der Waals surface area contributed by atoms with Gasteiger partial charge < -0.3 is 9.13 Å². The lowest BCUT2D eigenvalue weighted by Crippen LogP contribution is -2.04. The lowest BCUT2D eigenvalue weighted by atomic mass is 9.99. The second kappa shape index (κ2) is 14.9. The van der Waals surface area contributed by atoms with E-state index in [1.807, 2.05) is 6.08 Å². The largest absolute Gasteiger partial charge is 0.309 e. The summed E-state index contributed by atoms with van der Waals surface area (Å²) in [5.74, 6) is 0.638. The molecule has 13 rings (SSSR count). The van der Waals surface area contributed by atoms with Gasteiger partial charge in [0, 0.05) is 54.8 Å². The summed E-state index contributed by atoms with van der Waals surface area (Å²) in [5.41, 5.74) is 15.2. The third kappa shape index (κ3) is 5.60. The van der Waals surface area contributed by atoms with Crippen molar-refractivity contribution in [1.29, 1.82) is 0 Å². The smallest absolute Gasteiger partial charge is 0.235 e. The fraction of sp³-hybridized carbons (Fsp3) is 0.0164. The van der Waals surface area contributed by atoms with E-state index in [-0.39, 0.29) is 0 Å². The number of nitrogens with zero attached hydrogens (tertiary/aromatic N) is 5. The number of aromatic nitrogens is 5. The molecule has 0 amide bonds. The van der Waals surface area contributed by atoms with Crippen LogP contribution in [0.5, 0.6) is 0 Å². The van der Waals surface area contributed by atoms with Gasteiger partial charge in [0.15, 0.2) is 0 Å². The molecule has 0 saturated carbocycles. The Morgan fingerprint density at radius 3 is 1.88 bits per heavy atom. The lowest BCUT2D eigenvalue weighted by molar-refractivity contribution is 1.01. The monoisotopic (exact) mass is 843 g/mol. The molecule has 4 aromatic heterocycles. The number of benzene rings is 9. The van der Waals surface area contributed by atoms with Gasteiger partial charge in [0.2, 0.25) is 5.95 Å². The molecule has 5 nitrogen and oxygen atoms in total. The summed E-state index contributed by atoms with van der Waals surface area (Å²) in [5, 5.41) is 9.21. The highest BCUT2D eigenvalue weighted by Crippen LogP contribution is 2.44. The Hall–Kier alpha value is -8.80. The van der Waals surface area contributed by atoms with Crippen LogP contribution in [0, 0.1) is 0 Å². The lowest BCUT2D eigenvalue weighted by Gasteiger charge is -2.14. The predicted octanol–water partition coefficient (Wildman–Crippen LogP) is 15.9. The zero-order valence-electron chi connectivity index (χ0n) is 36.2. The van der Waals surface area contributed by atoms with Crippen molar-refractivity contribution in [2.45, 2.75) is 6.92 Å². The number of fused-ring (bicyclic) bond motifs is 10. The predicted molar refractivity (Wildman–Crippen MR) is 278 cm³/mol. The van der Waals surface area contributed by atoms with E-state index >= 15 is 0 Å². The van der Waals surface area contributed by atoms with E-state index in [9.17, 15) is 0 Å². The highest BCUT2D eigenvalue weighted by atomic mass is 15.2. The molecule has 0 aliphatic rings. The summed E-state index contributed by atoms with van der Waals surface area (Å²) in [6, 6.07) is 71.6. The van der Waals surface area contributed by atoms with Crippen molar-refractivity contribution >= 4 is 88.3 Å². The second-order valence-electron chi connectivity index (χ2n) is 16.9. The molecule has 0 radical (unpaired) electrons. The van der Waals surface area contributed by atoms with Crippen molar-refractivity contribution in [3.63, 3.8) is 0 Å². The van der Waals surface area contributed by atoms with Crippen molar-refractivity contribution in [2.75, 3.05) is 0 Å². The summed E-state index contributed by atoms with van der Waals surface area (Å²) in [7, 11) is 0. The first-order valence-electron chi connectivity index (χ1n) is 22.5. The fourth-order valence-electron chi connectivity index (χ4n) is 10.5. The van der Waals surface area contributed by atoms with Crippen LogP contribution < -0.4 is 0 Å². The standard InChI is InChI=1S/C61H41N5/c1-3-18-52-44(4-2)58-56(35-36-57-59(58)49-28-12-15-32-54(49)64(57)42-24-16-23-41(37-42)39-19-6-5-7-20-39)65(52)43-33-34-55-50(38-43)46-26-11-14-31-53(46)66(55)61-62-51-30-13-10-27-48(51)60(63-61)47-29-17-22-40-21-8-9-25-45(40)47/h3-38H,2H2,1H3/b18-3-. The van der Waals surface area contributed by atoms with Crippen LogP contribution in [0.25, 0.3) is 128 Å². The average molecular weight is 844 g/mol. The Labute approximate surface area is 381 Å². The van der Waals surface area contributed by atoms with Gasteiger partial charge in [0.05, 0.1) is 44.5 Å². The maximum absolute atomic E-state index is 5.46. The third-order valence-electron chi connectivity index (χ3n) is 13.3. The van der Waals surface area contributed by atoms with Gasteiger partial charge in [-0.05, 0) is 95.6 Å². The summed E-state index contributed by atoms with van der Waals surface area (Å²) < 4.78 is 7.05. The summed E-state index contributed by atoms with van der Waals surface area (Å²) in [6.07, 6.45) is 6.38. The van der Waals surface area contributed by atoms with Crippen molar-refractivity contribution in [1.82, 2.24) is 23.7 Å². The van der Waals surface area contributed by atoms with E-state index in [0.29, 0.717) is 5.95 Å². The molecule has 0 aliphatic carbocycles. The molecule has 0 aliphatic heterocycles. The number of para-hydroxylation sites is 3. The Morgan fingerprint density at radius 1 is 0.439 bits per heavy atom. The van der Waals surface area contributed by atoms with Gasteiger partial charge in [-0.2, -0.15) is 0 Å². The molecule has 0 unspecified atom stereocenters. The van der Waals surface area contributed by atoms with Crippen LogP contribution in [0.1, 0.15) is 18.2 Å². The molecular formula is C61H41N5. The molecule has 0 spiro atoms. The van der Waals surface area contributed by atoms with E-state index in [0.717, 1.165) is 88.5 Å². The zero-order valence-corrected chi connectivity index (χ0v) is 36.2. The molecule has 0 N–H and O–H groups in total. The highest BCUT2D eigenvalue weighted by Gasteiger charge is 2.24. The van der Waals surface area contributed by atoms with Crippen LogP contribution in [-0.4, -0.2) is 23.7 Å². The van der Waals surface area contributed by atoms with Gasteiger partial charge in [-0.25, -0.2) is 9.97 Å². The van der Waals surface area contributed by atoms with E-state index in [1.165, 1.54) is 32.7 Å². The number of rotatable bonds is 7. The maximum Gasteiger partial charge on any atom is 0.235 e.